The molecule has 140 valence electrons. The van der Waals surface area contributed by atoms with Crippen molar-refractivity contribution in [1.82, 2.24) is 0 Å². The van der Waals surface area contributed by atoms with Crippen LogP contribution in [0.5, 0.6) is 0 Å². The maximum atomic E-state index is 12.4. The van der Waals surface area contributed by atoms with E-state index >= 15 is 0 Å². The van der Waals surface area contributed by atoms with Crippen molar-refractivity contribution >= 4 is 15.7 Å². The van der Waals surface area contributed by atoms with Crippen LogP contribution in [0.2, 0.25) is 0 Å². The number of nitrogens with two attached hydrogens (primary N) is 1. The van der Waals surface area contributed by atoms with Crippen molar-refractivity contribution in [2.24, 2.45) is 17.6 Å². The SMILES string of the molecule is CC(C)(C)S(=O)(=O)CC1CCC(CCc2cccc(C(N)=O)c2)CC1. The lowest BCUT2D eigenvalue weighted by molar-refractivity contribution is 0.1000. The van der Waals surface area contributed by atoms with Crippen LogP contribution in [-0.2, 0) is 16.3 Å². The molecule has 1 aromatic carbocycles. The molecule has 4 nitrogen and oxygen atoms in total. The fourth-order valence-electron chi connectivity index (χ4n) is 3.50. The molecule has 1 aliphatic carbocycles. The number of carbonyl (C=O) groups is 1. The Bertz CT molecular complexity index is 696. The Morgan fingerprint density at radius 2 is 1.72 bits per heavy atom. The van der Waals surface area contributed by atoms with Gasteiger partial charge in [-0.15, -0.1) is 0 Å². The van der Waals surface area contributed by atoms with E-state index < -0.39 is 14.6 Å². The molecular formula is C20H31NO3S. The van der Waals surface area contributed by atoms with E-state index in [0.29, 0.717) is 23.2 Å². The summed E-state index contributed by atoms with van der Waals surface area (Å²) in [4.78, 5) is 11.3. The zero-order valence-electron chi connectivity index (χ0n) is 15.6. The van der Waals surface area contributed by atoms with Crippen LogP contribution in [0, 0.1) is 11.8 Å². The van der Waals surface area contributed by atoms with Gasteiger partial charge in [0.15, 0.2) is 9.84 Å². The number of sulfone groups is 1. The number of benzene rings is 1. The molecule has 0 heterocycles. The van der Waals surface area contributed by atoms with Crippen LogP contribution in [-0.4, -0.2) is 24.8 Å². The average Bonchev–Trinajstić information content (AvgIpc) is 2.53. The van der Waals surface area contributed by atoms with Crippen molar-refractivity contribution in [3.63, 3.8) is 0 Å². The summed E-state index contributed by atoms with van der Waals surface area (Å²) >= 11 is 0. The van der Waals surface area contributed by atoms with E-state index in [-0.39, 0.29) is 5.91 Å². The van der Waals surface area contributed by atoms with Gasteiger partial charge in [-0.05, 0) is 76.0 Å². The van der Waals surface area contributed by atoms with Crippen LogP contribution in [0.15, 0.2) is 24.3 Å². The van der Waals surface area contributed by atoms with E-state index in [1.165, 1.54) is 0 Å². The third-order valence-electron chi connectivity index (χ3n) is 5.41. The van der Waals surface area contributed by atoms with Gasteiger partial charge < -0.3 is 5.73 Å². The monoisotopic (exact) mass is 365 g/mol. The minimum Gasteiger partial charge on any atom is -0.366 e. The third kappa shape index (κ3) is 5.56. The first kappa shape index (κ1) is 20.0. The summed E-state index contributed by atoms with van der Waals surface area (Å²) in [5.74, 6) is 0.885. The normalized spacial score (nSPS) is 21.9. The Kier molecular flexibility index (Phi) is 6.30. The van der Waals surface area contributed by atoms with Gasteiger partial charge in [0.25, 0.3) is 0 Å². The Balaban J connectivity index is 1.81. The fraction of sp³-hybridized carbons (Fsp3) is 0.650. The van der Waals surface area contributed by atoms with Gasteiger partial charge in [-0.25, -0.2) is 8.42 Å². The number of amides is 1. The van der Waals surface area contributed by atoms with Crippen LogP contribution in [0.4, 0.5) is 0 Å². The second-order valence-corrected chi connectivity index (χ2v) is 11.2. The molecule has 1 aliphatic rings. The van der Waals surface area contributed by atoms with Crippen molar-refractivity contribution in [2.75, 3.05) is 5.75 Å². The number of hydrogen-bond donors (Lipinski definition) is 1. The highest BCUT2D eigenvalue weighted by Crippen LogP contribution is 2.34. The number of primary amides is 1. The van der Waals surface area contributed by atoms with Gasteiger partial charge in [-0.3, -0.25) is 4.79 Å². The molecule has 0 atom stereocenters. The van der Waals surface area contributed by atoms with Crippen molar-refractivity contribution in [3.8, 4) is 0 Å². The first-order valence-electron chi connectivity index (χ1n) is 9.19. The summed E-state index contributed by atoms with van der Waals surface area (Å²) in [6.07, 6.45) is 6.22. The zero-order chi connectivity index (χ0) is 18.7. The summed E-state index contributed by atoms with van der Waals surface area (Å²) < 4.78 is 24.1. The Morgan fingerprint density at radius 3 is 2.28 bits per heavy atom. The first-order valence-corrected chi connectivity index (χ1v) is 10.8. The van der Waals surface area contributed by atoms with Crippen molar-refractivity contribution in [3.05, 3.63) is 35.4 Å². The highest BCUT2D eigenvalue weighted by atomic mass is 32.2. The fourth-order valence-corrected chi connectivity index (χ4v) is 4.95. The molecule has 0 spiro atoms. The number of hydrogen-bond acceptors (Lipinski definition) is 3. The van der Waals surface area contributed by atoms with Crippen LogP contribution < -0.4 is 5.73 Å². The molecule has 0 radical (unpaired) electrons. The molecule has 0 aromatic heterocycles. The summed E-state index contributed by atoms with van der Waals surface area (Å²) in [6, 6.07) is 7.54. The highest BCUT2D eigenvalue weighted by molar-refractivity contribution is 7.92. The topological polar surface area (TPSA) is 77.2 Å². The van der Waals surface area contributed by atoms with Crippen LogP contribution in [0.25, 0.3) is 0 Å². The van der Waals surface area contributed by atoms with Gasteiger partial charge in [0, 0.05) is 5.56 Å². The lowest BCUT2D eigenvalue weighted by Crippen LogP contribution is -2.34. The zero-order valence-corrected chi connectivity index (χ0v) is 16.4. The lowest BCUT2D eigenvalue weighted by Gasteiger charge is -2.30. The standard InChI is InChI=1S/C20H31NO3S/c1-20(2,3)25(23,24)14-17-11-8-15(9-12-17)7-10-16-5-4-6-18(13-16)19(21)22/h4-6,13,15,17H,7-12,14H2,1-3H3,(H2,21,22). The quantitative estimate of drug-likeness (QED) is 0.834. The first-order chi connectivity index (χ1) is 11.6. The van der Waals surface area contributed by atoms with E-state index in [1.807, 2.05) is 18.2 Å². The minimum absolute atomic E-state index is 0.304. The molecule has 1 aromatic rings. The molecule has 0 aliphatic heterocycles. The van der Waals surface area contributed by atoms with Crippen molar-refractivity contribution in [2.45, 2.75) is 64.0 Å². The van der Waals surface area contributed by atoms with Crippen molar-refractivity contribution in [1.29, 1.82) is 0 Å². The summed E-state index contributed by atoms with van der Waals surface area (Å²) in [7, 11) is -3.03. The smallest absolute Gasteiger partial charge is 0.248 e. The lowest BCUT2D eigenvalue weighted by atomic mass is 9.80. The van der Waals surface area contributed by atoms with Gasteiger partial charge in [-0.2, -0.15) is 0 Å². The molecular weight excluding hydrogens is 334 g/mol. The van der Waals surface area contributed by atoms with Gasteiger partial charge >= 0.3 is 0 Å². The maximum absolute atomic E-state index is 12.4. The minimum atomic E-state index is -3.03. The molecule has 0 saturated heterocycles. The Morgan fingerprint density at radius 1 is 1.12 bits per heavy atom. The molecule has 25 heavy (non-hydrogen) atoms. The van der Waals surface area contributed by atoms with Crippen LogP contribution >= 0.6 is 0 Å². The van der Waals surface area contributed by atoms with E-state index in [0.717, 1.165) is 44.1 Å². The van der Waals surface area contributed by atoms with E-state index in [9.17, 15) is 13.2 Å². The Labute approximate surface area is 152 Å². The summed E-state index contributed by atoms with van der Waals surface area (Å²) in [6.45, 7) is 5.36. The molecule has 1 saturated carbocycles. The molecule has 1 fully saturated rings. The second-order valence-electron chi connectivity index (χ2n) is 8.38. The predicted octanol–water partition coefficient (Wildman–Crippen LogP) is 3.74. The molecule has 2 rings (SSSR count). The van der Waals surface area contributed by atoms with E-state index in [1.54, 1.807) is 26.8 Å². The number of rotatable bonds is 6. The van der Waals surface area contributed by atoms with Crippen molar-refractivity contribution < 1.29 is 13.2 Å². The predicted molar refractivity (Wildman–Crippen MR) is 102 cm³/mol. The van der Waals surface area contributed by atoms with Gasteiger partial charge in [0.05, 0.1) is 10.5 Å². The summed E-state index contributed by atoms with van der Waals surface area (Å²) in [5.41, 5.74) is 7.04. The molecule has 5 heteroatoms. The van der Waals surface area contributed by atoms with E-state index in [2.05, 4.69) is 0 Å². The second kappa shape index (κ2) is 7.90. The third-order valence-corrected chi connectivity index (χ3v) is 8.18. The molecule has 2 N–H and O–H groups in total. The molecule has 0 bridgehead atoms. The Hall–Kier alpha value is -1.36. The van der Waals surface area contributed by atoms with Gasteiger partial charge in [0.1, 0.15) is 0 Å². The average molecular weight is 366 g/mol. The van der Waals surface area contributed by atoms with Gasteiger partial charge in [-0.1, -0.05) is 25.0 Å². The molecule has 1 amide bonds. The van der Waals surface area contributed by atoms with Crippen LogP contribution in [0.1, 0.15) is 68.8 Å². The number of carbonyl (C=O) groups excluding carboxylic acids is 1. The van der Waals surface area contributed by atoms with Crippen LogP contribution in [0.3, 0.4) is 0 Å². The largest absolute Gasteiger partial charge is 0.366 e. The highest BCUT2D eigenvalue weighted by Gasteiger charge is 2.33. The molecule has 0 unspecified atom stereocenters. The van der Waals surface area contributed by atoms with Gasteiger partial charge in [0.2, 0.25) is 5.91 Å². The maximum Gasteiger partial charge on any atom is 0.248 e. The van der Waals surface area contributed by atoms with E-state index in [4.69, 9.17) is 5.73 Å². The summed E-state index contributed by atoms with van der Waals surface area (Å²) in [5, 5.41) is 0. The number of aryl methyl sites for hydroxylation is 1.